The van der Waals surface area contributed by atoms with Crippen molar-refractivity contribution in [2.45, 2.75) is 46.1 Å². The van der Waals surface area contributed by atoms with Crippen LogP contribution >= 0.6 is 0 Å². The fraction of sp³-hybridized carbons (Fsp3) is 0.265. The summed E-state index contributed by atoms with van der Waals surface area (Å²) in [5.41, 5.74) is 4.88. The first-order valence-electron chi connectivity index (χ1n) is 13.9. The zero-order valence-electron chi connectivity index (χ0n) is 23.8. The molecule has 0 saturated heterocycles. The molecule has 218 valence electrons. The zero-order chi connectivity index (χ0) is 30.1. The number of benzene rings is 3. The Balaban J connectivity index is 1.37. The Hall–Kier alpha value is -4.85. The van der Waals surface area contributed by atoms with Crippen LogP contribution in [-0.4, -0.2) is 45.7 Å². The molecule has 2 N–H and O–H groups in total. The summed E-state index contributed by atoms with van der Waals surface area (Å²) in [6.45, 7) is 5.00. The second-order valence-corrected chi connectivity index (χ2v) is 10.2. The number of aliphatic carboxylic acids is 2. The van der Waals surface area contributed by atoms with Gasteiger partial charge in [-0.2, -0.15) is 0 Å². The minimum atomic E-state index is -1.06. The maximum atomic E-state index is 12.7. The molecule has 0 aliphatic heterocycles. The highest BCUT2D eigenvalue weighted by atomic mass is 16.5. The number of carboxylic acids is 2. The molecule has 1 aromatic heterocycles. The Morgan fingerprint density at radius 1 is 0.786 bits per heavy atom. The molecule has 4 aromatic rings. The molecule has 0 spiro atoms. The van der Waals surface area contributed by atoms with Crippen LogP contribution in [-0.2, 0) is 16.1 Å². The van der Waals surface area contributed by atoms with Crippen molar-refractivity contribution in [1.82, 2.24) is 4.57 Å². The third-order valence-electron chi connectivity index (χ3n) is 6.90. The molecule has 42 heavy (non-hydrogen) atoms. The van der Waals surface area contributed by atoms with Gasteiger partial charge in [-0.15, -0.1) is 0 Å². The monoisotopic (exact) mass is 569 g/mol. The van der Waals surface area contributed by atoms with E-state index in [0.717, 1.165) is 46.6 Å². The van der Waals surface area contributed by atoms with E-state index in [-0.39, 0.29) is 25.2 Å². The summed E-state index contributed by atoms with van der Waals surface area (Å²) in [7, 11) is 0. The molecule has 0 saturated carbocycles. The number of rotatable bonds is 15. The molecular formula is C34H35NO7. The molecule has 0 unspecified atom stereocenters. The summed E-state index contributed by atoms with van der Waals surface area (Å²) in [6.07, 6.45) is 6.60. The van der Waals surface area contributed by atoms with Gasteiger partial charge in [-0.05, 0) is 61.1 Å². The SMILES string of the molecule is Cc1cccc(C)c1OCCCCOc1ccc(C=Cc2cccc3c(C(=O)CCC(=O)O)cn(CC(=O)O)c23)cc1. The lowest BCUT2D eigenvalue weighted by Gasteiger charge is -2.12. The van der Waals surface area contributed by atoms with Crippen molar-refractivity contribution in [1.29, 1.82) is 0 Å². The first-order valence-corrected chi connectivity index (χ1v) is 13.9. The number of fused-ring (bicyclic) bond motifs is 1. The Morgan fingerprint density at radius 3 is 2.12 bits per heavy atom. The van der Waals surface area contributed by atoms with Gasteiger partial charge < -0.3 is 24.3 Å². The number of unbranched alkanes of at least 4 members (excludes halogenated alkanes) is 1. The predicted molar refractivity (Wildman–Crippen MR) is 162 cm³/mol. The predicted octanol–water partition coefficient (Wildman–Crippen LogP) is 6.80. The zero-order valence-corrected chi connectivity index (χ0v) is 23.8. The summed E-state index contributed by atoms with van der Waals surface area (Å²) in [5, 5.41) is 19.0. The fourth-order valence-corrected chi connectivity index (χ4v) is 4.83. The quantitative estimate of drug-likeness (QED) is 0.0919. The molecule has 0 aliphatic rings. The number of carbonyl (C=O) groups excluding carboxylic acids is 1. The van der Waals surface area contributed by atoms with E-state index in [1.54, 1.807) is 12.1 Å². The van der Waals surface area contributed by atoms with Gasteiger partial charge in [0.05, 0.1) is 25.2 Å². The molecule has 3 aromatic carbocycles. The highest BCUT2D eigenvalue weighted by molar-refractivity contribution is 6.10. The first-order chi connectivity index (χ1) is 20.2. The number of nitrogens with zero attached hydrogens (tertiary/aromatic N) is 1. The molecule has 0 fully saturated rings. The maximum Gasteiger partial charge on any atom is 0.323 e. The van der Waals surface area contributed by atoms with E-state index in [4.69, 9.17) is 14.6 Å². The Morgan fingerprint density at radius 2 is 1.45 bits per heavy atom. The third kappa shape index (κ3) is 7.87. The summed E-state index contributed by atoms with van der Waals surface area (Å²) >= 11 is 0. The summed E-state index contributed by atoms with van der Waals surface area (Å²) in [6, 6.07) is 19.2. The van der Waals surface area contributed by atoms with E-state index in [1.165, 1.54) is 10.8 Å². The minimum Gasteiger partial charge on any atom is -0.494 e. The van der Waals surface area contributed by atoms with Crippen LogP contribution in [0, 0.1) is 13.8 Å². The molecule has 0 bridgehead atoms. The van der Waals surface area contributed by atoms with E-state index >= 15 is 0 Å². The Labute approximate surface area is 244 Å². The van der Waals surface area contributed by atoms with Crippen molar-refractivity contribution in [3.05, 3.63) is 94.7 Å². The molecule has 0 atom stereocenters. The van der Waals surface area contributed by atoms with Gasteiger partial charge in [-0.1, -0.05) is 60.7 Å². The highest BCUT2D eigenvalue weighted by Gasteiger charge is 2.18. The van der Waals surface area contributed by atoms with Gasteiger partial charge in [0.1, 0.15) is 18.0 Å². The largest absolute Gasteiger partial charge is 0.494 e. The van der Waals surface area contributed by atoms with Crippen LogP contribution < -0.4 is 9.47 Å². The highest BCUT2D eigenvalue weighted by Crippen LogP contribution is 2.28. The van der Waals surface area contributed by atoms with Crippen LogP contribution in [0.15, 0.2) is 66.9 Å². The average molecular weight is 570 g/mol. The number of Topliss-reactive ketones (excluding diaryl/α,β-unsaturated/α-hetero) is 1. The smallest absolute Gasteiger partial charge is 0.323 e. The molecule has 0 amide bonds. The molecule has 0 aliphatic carbocycles. The summed E-state index contributed by atoms with van der Waals surface area (Å²) in [5.74, 6) is -0.712. The van der Waals surface area contributed by atoms with Gasteiger partial charge in [0.15, 0.2) is 5.78 Å². The van der Waals surface area contributed by atoms with Crippen LogP contribution in [0.2, 0.25) is 0 Å². The Bertz CT molecular complexity index is 1580. The van der Waals surface area contributed by atoms with Gasteiger partial charge >= 0.3 is 11.9 Å². The summed E-state index contributed by atoms with van der Waals surface area (Å²) in [4.78, 5) is 35.2. The van der Waals surface area contributed by atoms with Gasteiger partial charge in [0, 0.05) is 23.6 Å². The molecule has 0 radical (unpaired) electrons. The molecular weight excluding hydrogens is 534 g/mol. The summed E-state index contributed by atoms with van der Waals surface area (Å²) < 4.78 is 13.4. The maximum absolute atomic E-state index is 12.7. The van der Waals surface area contributed by atoms with Gasteiger partial charge in [-0.3, -0.25) is 14.4 Å². The second kappa shape index (κ2) is 14.2. The fourth-order valence-electron chi connectivity index (χ4n) is 4.83. The van der Waals surface area contributed by atoms with Crippen molar-refractivity contribution in [2.75, 3.05) is 13.2 Å². The van der Waals surface area contributed by atoms with E-state index in [0.29, 0.717) is 29.7 Å². The lowest BCUT2D eigenvalue weighted by Crippen LogP contribution is -2.08. The first kappa shape index (κ1) is 30.1. The molecule has 8 nitrogen and oxygen atoms in total. The van der Waals surface area contributed by atoms with Crippen LogP contribution in [0.5, 0.6) is 11.5 Å². The van der Waals surface area contributed by atoms with Crippen LogP contribution in [0.3, 0.4) is 0 Å². The van der Waals surface area contributed by atoms with Crippen molar-refractivity contribution in [2.24, 2.45) is 0 Å². The topological polar surface area (TPSA) is 115 Å². The number of aryl methyl sites for hydroxylation is 2. The number of hydrogen-bond donors (Lipinski definition) is 2. The number of aromatic nitrogens is 1. The van der Waals surface area contributed by atoms with Crippen molar-refractivity contribution >= 4 is 40.8 Å². The van der Waals surface area contributed by atoms with Gasteiger partial charge in [-0.25, -0.2) is 0 Å². The van der Waals surface area contributed by atoms with Gasteiger partial charge in [0.2, 0.25) is 0 Å². The van der Waals surface area contributed by atoms with E-state index in [1.807, 2.05) is 74.5 Å². The lowest BCUT2D eigenvalue weighted by molar-refractivity contribution is -0.138. The Kier molecular flexibility index (Phi) is 10.2. The number of ether oxygens (including phenoxy) is 2. The standard InChI is InChI=1S/C34H35NO7/c1-23-7-5-8-24(2)34(23)42-20-4-3-19-41-27-15-12-25(13-16-27)11-14-26-9-6-10-28-29(30(36)17-18-31(37)38)21-35(33(26)28)22-32(39)40/h5-16,21H,3-4,17-20,22H2,1-2H3,(H,37,38)(H,39,40). The van der Waals surface area contributed by atoms with Gasteiger partial charge in [0.25, 0.3) is 0 Å². The van der Waals surface area contributed by atoms with Crippen LogP contribution in [0.25, 0.3) is 23.1 Å². The number of para-hydroxylation sites is 2. The number of hydrogen-bond acceptors (Lipinski definition) is 5. The number of ketones is 1. The van der Waals surface area contributed by atoms with Crippen LogP contribution in [0.4, 0.5) is 0 Å². The van der Waals surface area contributed by atoms with Crippen molar-refractivity contribution in [3.8, 4) is 11.5 Å². The van der Waals surface area contributed by atoms with Crippen LogP contribution in [0.1, 0.15) is 58.3 Å². The minimum absolute atomic E-state index is 0.156. The lowest BCUT2D eigenvalue weighted by atomic mass is 10.0. The van der Waals surface area contributed by atoms with Crippen molar-refractivity contribution < 1.29 is 34.1 Å². The van der Waals surface area contributed by atoms with E-state index < -0.39 is 11.9 Å². The molecule has 1 heterocycles. The average Bonchev–Trinajstić information content (AvgIpc) is 3.32. The normalized spacial score (nSPS) is 11.2. The third-order valence-corrected chi connectivity index (χ3v) is 6.90. The van der Waals surface area contributed by atoms with E-state index in [9.17, 15) is 19.5 Å². The number of carboxylic acid groups (broad SMARTS) is 2. The van der Waals surface area contributed by atoms with Crippen molar-refractivity contribution in [3.63, 3.8) is 0 Å². The molecule has 4 rings (SSSR count). The molecule has 8 heteroatoms. The number of carbonyl (C=O) groups is 3. The second-order valence-electron chi connectivity index (χ2n) is 10.2. The van der Waals surface area contributed by atoms with E-state index in [2.05, 4.69) is 0 Å².